The predicted octanol–water partition coefficient (Wildman–Crippen LogP) is 2.32. The van der Waals surface area contributed by atoms with Crippen LogP contribution in [0, 0.1) is 0 Å². The molecule has 0 aromatic heterocycles. The van der Waals surface area contributed by atoms with Crippen molar-refractivity contribution >= 4 is 28.4 Å². The van der Waals surface area contributed by atoms with Gasteiger partial charge in [-0.3, -0.25) is 4.21 Å². The van der Waals surface area contributed by atoms with Crippen LogP contribution in [-0.2, 0) is 15.5 Å². The maximum absolute atomic E-state index is 12.3. The standard InChI is InChI=1S/C12H13ClO4S/c13-11-2-1-9(7-10(11)12(14)15)18(16)8-3-5-17-6-4-8/h1-2,7-8H,3-6H2,(H,14,15). The number of halogens is 1. The van der Waals surface area contributed by atoms with E-state index in [1.54, 1.807) is 6.07 Å². The van der Waals surface area contributed by atoms with Crippen LogP contribution in [0.2, 0.25) is 5.02 Å². The molecule has 1 fully saturated rings. The van der Waals surface area contributed by atoms with Crippen molar-refractivity contribution in [2.45, 2.75) is 23.0 Å². The van der Waals surface area contributed by atoms with E-state index < -0.39 is 16.8 Å². The van der Waals surface area contributed by atoms with Crippen molar-refractivity contribution in [3.05, 3.63) is 28.8 Å². The van der Waals surface area contributed by atoms with Gasteiger partial charge in [0.05, 0.1) is 21.4 Å². The molecule has 1 saturated heterocycles. The molecule has 0 radical (unpaired) electrons. The van der Waals surface area contributed by atoms with E-state index in [1.165, 1.54) is 12.1 Å². The van der Waals surface area contributed by atoms with E-state index in [9.17, 15) is 9.00 Å². The average molecular weight is 289 g/mol. The summed E-state index contributed by atoms with van der Waals surface area (Å²) in [6.07, 6.45) is 1.47. The van der Waals surface area contributed by atoms with Crippen LogP contribution in [-0.4, -0.2) is 33.7 Å². The van der Waals surface area contributed by atoms with Crippen molar-refractivity contribution in [1.29, 1.82) is 0 Å². The second-order valence-corrected chi connectivity index (χ2v) is 6.20. The summed E-state index contributed by atoms with van der Waals surface area (Å²) in [5.74, 6) is -1.11. The van der Waals surface area contributed by atoms with E-state index in [4.69, 9.17) is 21.4 Å². The van der Waals surface area contributed by atoms with Gasteiger partial charge in [-0.15, -0.1) is 0 Å². The molecule has 1 atom stereocenters. The van der Waals surface area contributed by atoms with Gasteiger partial charge in [0.15, 0.2) is 0 Å². The highest BCUT2D eigenvalue weighted by Crippen LogP contribution is 2.24. The molecule has 0 bridgehead atoms. The monoisotopic (exact) mass is 288 g/mol. The Labute approximate surface area is 112 Å². The fourth-order valence-electron chi connectivity index (χ4n) is 1.88. The van der Waals surface area contributed by atoms with Crippen molar-refractivity contribution in [1.82, 2.24) is 0 Å². The molecule has 6 heteroatoms. The molecular formula is C12H13ClO4S. The number of carboxylic acid groups (broad SMARTS) is 1. The van der Waals surface area contributed by atoms with Gasteiger partial charge in [-0.25, -0.2) is 4.79 Å². The molecule has 1 N–H and O–H groups in total. The van der Waals surface area contributed by atoms with Crippen LogP contribution >= 0.6 is 11.6 Å². The predicted molar refractivity (Wildman–Crippen MR) is 68.7 cm³/mol. The minimum Gasteiger partial charge on any atom is -0.478 e. The lowest BCUT2D eigenvalue weighted by molar-refractivity contribution is 0.0696. The van der Waals surface area contributed by atoms with Crippen LogP contribution < -0.4 is 0 Å². The molecule has 1 heterocycles. The highest BCUT2D eigenvalue weighted by atomic mass is 35.5. The van der Waals surface area contributed by atoms with Gasteiger partial charge in [-0.05, 0) is 31.0 Å². The molecule has 1 aliphatic rings. The smallest absolute Gasteiger partial charge is 0.337 e. The Kier molecular flexibility index (Phi) is 4.37. The van der Waals surface area contributed by atoms with Gasteiger partial charge in [-0.1, -0.05) is 11.6 Å². The second-order valence-electron chi connectivity index (χ2n) is 4.06. The van der Waals surface area contributed by atoms with Gasteiger partial charge >= 0.3 is 5.97 Å². The Morgan fingerprint density at radius 1 is 1.39 bits per heavy atom. The highest BCUT2D eigenvalue weighted by Gasteiger charge is 2.22. The first-order chi connectivity index (χ1) is 8.59. The van der Waals surface area contributed by atoms with Crippen molar-refractivity contribution in [2.75, 3.05) is 13.2 Å². The van der Waals surface area contributed by atoms with Crippen molar-refractivity contribution in [3.8, 4) is 0 Å². The fraction of sp³-hybridized carbons (Fsp3) is 0.417. The topological polar surface area (TPSA) is 63.6 Å². The molecule has 1 aliphatic heterocycles. The Morgan fingerprint density at radius 2 is 2.06 bits per heavy atom. The summed E-state index contributed by atoms with van der Waals surface area (Å²) in [4.78, 5) is 11.5. The van der Waals surface area contributed by atoms with Crippen molar-refractivity contribution < 1.29 is 18.8 Å². The first-order valence-electron chi connectivity index (χ1n) is 5.61. The molecule has 0 aliphatic carbocycles. The number of hydrogen-bond donors (Lipinski definition) is 1. The van der Waals surface area contributed by atoms with Gasteiger partial charge in [0.1, 0.15) is 0 Å². The van der Waals surface area contributed by atoms with Gasteiger partial charge < -0.3 is 9.84 Å². The lowest BCUT2D eigenvalue weighted by atomic mass is 10.2. The summed E-state index contributed by atoms with van der Waals surface area (Å²) < 4.78 is 17.5. The third-order valence-corrected chi connectivity index (χ3v) is 5.00. The lowest BCUT2D eigenvalue weighted by Gasteiger charge is -2.21. The molecule has 0 spiro atoms. The fourth-order valence-corrected chi connectivity index (χ4v) is 3.52. The Morgan fingerprint density at radius 3 is 2.67 bits per heavy atom. The first-order valence-corrected chi connectivity index (χ1v) is 7.20. The molecule has 2 rings (SSSR count). The molecule has 0 amide bonds. The van der Waals surface area contributed by atoms with Crippen LogP contribution in [0.5, 0.6) is 0 Å². The van der Waals surface area contributed by atoms with Gasteiger partial charge in [0.2, 0.25) is 0 Å². The third-order valence-electron chi connectivity index (χ3n) is 2.87. The van der Waals surface area contributed by atoms with E-state index in [0.717, 1.165) is 12.8 Å². The van der Waals surface area contributed by atoms with E-state index in [1.807, 2.05) is 0 Å². The molecule has 1 aromatic carbocycles. The minimum atomic E-state index is -1.21. The summed E-state index contributed by atoms with van der Waals surface area (Å²) in [6, 6.07) is 4.51. The number of carboxylic acids is 1. The number of ether oxygens (including phenoxy) is 1. The Balaban J connectivity index is 2.24. The van der Waals surface area contributed by atoms with Crippen LogP contribution in [0.1, 0.15) is 23.2 Å². The average Bonchev–Trinajstić information content (AvgIpc) is 2.39. The van der Waals surface area contributed by atoms with Crippen LogP contribution in [0.25, 0.3) is 0 Å². The zero-order valence-electron chi connectivity index (χ0n) is 9.60. The molecule has 1 unspecified atom stereocenters. The van der Waals surface area contributed by atoms with E-state index in [0.29, 0.717) is 18.1 Å². The number of rotatable bonds is 3. The minimum absolute atomic E-state index is 0.00502. The van der Waals surface area contributed by atoms with Crippen LogP contribution in [0.3, 0.4) is 0 Å². The maximum atomic E-state index is 12.3. The molecule has 4 nitrogen and oxygen atoms in total. The normalized spacial score (nSPS) is 18.5. The van der Waals surface area contributed by atoms with Gasteiger partial charge in [0.25, 0.3) is 0 Å². The molecule has 1 aromatic rings. The molecule has 98 valence electrons. The zero-order valence-corrected chi connectivity index (χ0v) is 11.2. The zero-order chi connectivity index (χ0) is 13.1. The van der Waals surface area contributed by atoms with Crippen LogP contribution in [0.4, 0.5) is 0 Å². The molecule has 18 heavy (non-hydrogen) atoms. The van der Waals surface area contributed by atoms with Gasteiger partial charge in [-0.2, -0.15) is 0 Å². The molecule has 0 saturated carbocycles. The van der Waals surface area contributed by atoms with E-state index >= 15 is 0 Å². The number of hydrogen-bond acceptors (Lipinski definition) is 3. The quantitative estimate of drug-likeness (QED) is 0.927. The van der Waals surface area contributed by atoms with Crippen molar-refractivity contribution in [2.24, 2.45) is 0 Å². The third kappa shape index (κ3) is 2.91. The van der Waals surface area contributed by atoms with Crippen LogP contribution in [0.15, 0.2) is 23.1 Å². The maximum Gasteiger partial charge on any atom is 0.337 e. The number of aromatic carboxylic acids is 1. The Bertz CT molecular complexity index is 483. The first kappa shape index (κ1) is 13.5. The lowest BCUT2D eigenvalue weighted by Crippen LogP contribution is -2.25. The summed E-state index contributed by atoms with van der Waals surface area (Å²) in [5, 5.41) is 9.17. The highest BCUT2D eigenvalue weighted by molar-refractivity contribution is 7.85. The largest absolute Gasteiger partial charge is 0.478 e. The number of benzene rings is 1. The second kappa shape index (κ2) is 5.82. The summed E-state index contributed by atoms with van der Waals surface area (Å²) in [5.41, 5.74) is -0.00502. The van der Waals surface area contributed by atoms with Gasteiger partial charge in [0, 0.05) is 23.4 Å². The summed E-state index contributed by atoms with van der Waals surface area (Å²) in [7, 11) is -1.21. The van der Waals surface area contributed by atoms with E-state index in [-0.39, 0.29) is 15.8 Å². The summed E-state index contributed by atoms with van der Waals surface area (Å²) in [6.45, 7) is 1.21. The Hall–Kier alpha value is -0.910. The van der Waals surface area contributed by atoms with E-state index in [2.05, 4.69) is 0 Å². The van der Waals surface area contributed by atoms with Crippen molar-refractivity contribution in [3.63, 3.8) is 0 Å². The SMILES string of the molecule is O=C(O)c1cc(S(=O)C2CCOCC2)ccc1Cl. The summed E-state index contributed by atoms with van der Waals surface area (Å²) >= 11 is 5.78. The number of carbonyl (C=O) groups is 1. The molecular weight excluding hydrogens is 276 g/mol.